The van der Waals surface area contributed by atoms with Crippen LogP contribution in [0.3, 0.4) is 0 Å². The van der Waals surface area contributed by atoms with E-state index in [-0.39, 0.29) is 11.5 Å². The van der Waals surface area contributed by atoms with Gasteiger partial charge in [-0.1, -0.05) is 12.8 Å². The zero-order valence-corrected chi connectivity index (χ0v) is 7.86. The number of aromatic hydroxyl groups is 2. The van der Waals surface area contributed by atoms with Gasteiger partial charge in [-0.25, -0.2) is 0 Å². The summed E-state index contributed by atoms with van der Waals surface area (Å²) in [5, 5.41) is 28.0. The van der Waals surface area contributed by atoms with Crippen LogP contribution in [0.2, 0.25) is 0 Å². The van der Waals surface area contributed by atoms with Gasteiger partial charge < -0.3 is 15.3 Å². The molecule has 0 aromatic heterocycles. The zero-order valence-electron chi connectivity index (χ0n) is 7.86. The fourth-order valence-electron chi connectivity index (χ4n) is 1.21. The average Bonchev–Trinajstić information content (AvgIpc) is 2.20. The Kier molecular flexibility index (Phi) is 3.00. The van der Waals surface area contributed by atoms with E-state index >= 15 is 0 Å². The molecule has 0 amide bonds. The van der Waals surface area contributed by atoms with Crippen LogP contribution in [0.4, 0.5) is 0 Å². The maximum absolute atomic E-state index is 9.57. The van der Waals surface area contributed by atoms with Gasteiger partial charge >= 0.3 is 0 Å². The molecule has 1 unspecified atom stereocenters. The van der Waals surface area contributed by atoms with E-state index in [0.717, 1.165) is 0 Å². The molecule has 0 spiro atoms. The molecular weight excluding hydrogens is 180 g/mol. The number of terminal acetylenes is 1. The Morgan fingerprint density at radius 2 is 1.93 bits per heavy atom. The molecule has 0 saturated heterocycles. The van der Waals surface area contributed by atoms with Crippen LogP contribution in [-0.4, -0.2) is 15.3 Å². The Balaban J connectivity index is 3.29. The summed E-state index contributed by atoms with van der Waals surface area (Å²) in [6.07, 6.45) is 4.99. The molecule has 14 heavy (non-hydrogen) atoms. The lowest BCUT2D eigenvalue weighted by Crippen LogP contribution is -1.98. The van der Waals surface area contributed by atoms with Gasteiger partial charge in [0.05, 0.1) is 6.10 Å². The first-order chi connectivity index (χ1) is 6.60. The lowest BCUT2D eigenvalue weighted by molar-refractivity contribution is 0.173. The monoisotopic (exact) mass is 192 g/mol. The number of aliphatic hydroxyl groups excluding tert-OH is 1. The minimum atomic E-state index is -0.715. The highest BCUT2D eigenvalue weighted by molar-refractivity contribution is 5.52. The Labute approximate surface area is 82.6 Å². The van der Waals surface area contributed by atoms with Crippen molar-refractivity contribution in [3.05, 3.63) is 23.3 Å². The number of hydrogen-bond donors (Lipinski definition) is 3. The molecule has 3 nitrogen and oxygen atoms in total. The van der Waals surface area contributed by atoms with Crippen LogP contribution in [0.25, 0.3) is 0 Å². The molecule has 0 bridgehead atoms. The molecule has 0 aliphatic heterocycles. The summed E-state index contributed by atoms with van der Waals surface area (Å²) in [4.78, 5) is 0. The van der Waals surface area contributed by atoms with Crippen LogP contribution in [0.15, 0.2) is 12.1 Å². The van der Waals surface area contributed by atoms with Gasteiger partial charge in [0, 0.05) is 11.1 Å². The quantitative estimate of drug-likeness (QED) is 0.492. The van der Waals surface area contributed by atoms with Crippen LogP contribution >= 0.6 is 0 Å². The smallest absolute Gasteiger partial charge is 0.158 e. The van der Waals surface area contributed by atoms with Crippen molar-refractivity contribution in [1.82, 2.24) is 0 Å². The molecular formula is C11H12O3. The largest absolute Gasteiger partial charge is 0.504 e. The van der Waals surface area contributed by atoms with Crippen molar-refractivity contribution in [3.63, 3.8) is 0 Å². The topological polar surface area (TPSA) is 60.7 Å². The summed E-state index contributed by atoms with van der Waals surface area (Å²) in [5.41, 5.74) is 0.861. The maximum atomic E-state index is 9.57. The van der Waals surface area contributed by atoms with Crippen LogP contribution in [0.5, 0.6) is 11.5 Å². The van der Waals surface area contributed by atoms with Crippen molar-refractivity contribution in [2.45, 2.75) is 19.4 Å². The minimum absolute atomic E-state index is 0.272. The average molecular weight is 192 g/mol. The molecule has 0 heterocycles. The van der Waals surface area contributed by atoms with Gasteiger partial charge in [-0.2, -0.15) is 0 Å². The predicted octanol–water partition coefficient (Wildman–Crippen LogP) is 1.52. The highest BCUT2D eigenvalue weighted by Gasteiger charge is 2.13. The summed E-state index contributed by atoms with van der Waals surface area (Å²) in [5.74, 6) is 1.80. The molecule has 0 fully saturated rings. The Bertz CT molecular complexity index is 377. The summed E-state index contributed by atoms with van der Waals surface area (Å²) < 4.78 is 0. The molecule has 1 atom stereocenters. The van der Waals surface area contributed by atoms with Crippen LogP contribution in [0, 0.1) is 12.3 Å². The normalized spacial score (nSPS) is 12.1. The second-order valence-electron chi connectivity index (χ2n) is 3.00. The van der Waals surface area contributed by atoms with E-state index in [1.165, 1.54) is 12.1 Å². The van der Waals surface area contributed by atoms with Crippen LogP contribution in [0.1, 0.15) is 30.6 Å². The van der Waals surface area contributed by atoms with E-state index in [0.29, 0.717) is 17.5 Å². The number of hydrogen-bond acceptors (Lipinski definition) is 3. The number of aliphatic hydroxyl groups is 1. The van der Waals surface area contributed by atoms with Crippen molar-refractivity contribution in [1.29, 1.82) is 0 Å². The first-order valence-corrected chi connectivity index (χ1v) is 4.30. The second kappa shape index (κ2) is 4.03. The van der Waals surface area contributed by atoms with Gasteiger partial charge in [0.2, 0.25) is 0 Å². The van der Waals surface area contributed by atoms with Crippen molar-refractivity contribution >= 4 is 0 Å². The summed E-state index contributed by atoms with van der Waals surface area (Å²) >= 11 is 0. The van der Waals surface area contributed by atoms with Gasteiger partial charge in [0.1, 0.15) is 0 Å². The fraction of sp³-hybridized carbons (Fsp3) is 0.273. The van der Waals surface area contributed by atoms with Gasteiger partial charge in [-0.05, 0) is 18.6 Å². The predicted molar refractivity (Wildman–Crippen MR) is 53.0 cm³/mol. The van der Waals surface area contributed by atoms with E-state index < -0.39 is 6.10 Å². The van der Waals surface area contributed by atoms with E-state index in [1.54, 1.807) is 6.92 Å². The van der Waals surface area contributed by atoms with Crippen molar-refractivity contribution in [2.75, 3.05) is 0 Å². The Hall–Kier alpha value is -1.66. The summed E-state index contributed by atoms with van der Waals surface area (Å²) in [7, 11) is 0. The number of phenols is 2. The number of phenolic OH excluding ortho intramolecular Hbond substituents is 2. The van der Waals surface area contributed by atoms with E-state index in [2.05, 4.69) is 5.92 Å². The van der Waals surface area contributed by atoms with Gasteiger partial charge in [-0.3, -0.25) is 0 Å². The first kappa shape index (κ1) is 10.4. The molecule has 1 rings (SSSR count). The minimum Gasteiger partial charge on any atom is -0.504 e. The highest BCUT2D eigenvalue weighted by Crippen LogP contribution is 2.31. The van der Waals surface area contributed by atoms with Gasteiger partial charge in [0.25, 0.3) is 0 Å². The standard InChI is InChI=1S/C11H12O3/c1-3-7-5-10(13)11(14)6-8(7)9(12)4-2/h1,5-6,9,12-14H,4H2,2H3. The number of benzene rings is 1. The van der Waals surface area contributed by atoms with E-state index in [9.17, 15) is 15.3 Å². The molecule has 0 aliphatic carbocycles. The second-order valence-corrected chi connectivity index (χ2v) is 3.00. The van der Waals surface area contributed by atoms with Crippen molar-refractivity contribution < 1.29 is 15.3 Å². The molecule has 3 heteroatoms. The SMILES string of the molecule is C#Cc1cc(O)c(O)cc1C(O)CC. The van der Waals surface area contributed by atoms with Gasteiger partial charge in [-0.15, -0.1) is 6.42 Å². The molecule has 1 aromatic carbocycles. The summed E-state index contributed by atoms with van der Waals surface area (Å²) in [6, 6.07) is 2.56. The molecule has 0 saturated carbocycles. The van der Waals surface area contributed by atoms with Gasteiger partial charge in [0.15, 0.2) is 11.5 Å². The summed E-state index contributed by atoms with van der Waals surface area (Å²) in [6.45, 7) is 1.80. The molecule has 3 N–H and O–H groups in total. The lowest BCUT2D eigenvalue weighted by Gasteiger charge is -2.11. The van der Waals surface area contributed by atoms with Crippen molar-refractivity contribution in [2.24, 2.45) is 0 Å². The Morgan fingerprint density at radius 3 is 2.43 bits per heavy atom. The fourth-order valence-corrected chi connectivity index (χ4v) is 1.21. The van der Waals surface area contributed by atoms with Crippen LogP contribution in [-0.2, 0) is 0 Å². The van der Waals surface area contributed by atoms with E-state index in [1.807, 2.05) is 0 Å². The van der Waals surface area contributed by atoms with Crippen LogP contribution < -0.4 is 0 Å². The lowest BCUT2D eigenvalue weighted by atomic mass is 10.0. The third-order valence-electron chi connectivity index (χ3n) is 2.05. The molecule has 74 valence electrons. The third-order valence-corrected chi connectivity index (χ3v) is 2.05. The zero-order chi connectivity index (χ0) is 10.7. The first-order valence-electron chi connectivity index (χ1n) is 4.30. The van der Waals surface area contributed by atoms with E-state index in [4.69, 9.17) is 6.42 Å². The van der Waals surface area contributed by atoms with Crippen molar-refractivity contribution in [3.8, 4) is 23.8 Å². The number of rotatable bonds is 2. The maximum Gasteiger partial charge on any atom is 0.158 e. The Morgan fingerprint density at radius 1 is 1.36 bits per heavy atom. The third kappa shape index (κ3) is 1.81. The molecule has 1 aromatic rings. The molecule has 0 aliphatic rings. The highest BCUT2D eigenvalue weighted by atomic mass is 16.3. The molecule has 0 radical (unpaired) electrons.